The van der Waals surface area contributed by atoms with Crippen LogP contribution in [0.2, 0.25) is 0 Å². The van der Waals surface area contributed by atoms with E-state index in [4.69, 9.17) is 9.72 Å². The van der Waals surface area contributed by atoms with E-state index >= 15 is 0 Å². The van der Waals surface area contributed by atoms with Crippen molar-refractivity contribution in [1.29, 1.82) is 0 Å². The van der Waals surface area contributed by atoms with Crippen LogP contribution in [-0.2, 0) is 19.6 Å². The Labute approximate surface area is 205 Å². The van der Waals surface area contributed by atoms with Crippen LogP contribution in [0.4, 0.5) is 5.13 Å². The molecule has 7 heteroatoms. The van der Waals surface area contributed by atoms with Crippen molar-refractivity contribution < 1.29 is 4.74 Å². The highest BCUT2D eigenvalue weighted by Crippen LogP contribution is 2.27. The van der Waals surface area contributed by atoms with Gasteiger partial charge in [0.2, 0.25) is 0 Å². The molecule has 6 nitrogen and oxygen atoms in total. The summed E-state index contributed by atoms with van der Waals surface area (Å²) in [6.45, 7) is 6.90. The van der Waals surface area contributed by atoms with Crippen LogP contribution >= 0.6 is 11.3 Å². The van der Waals surface area contributed by atoms with E-state index in [1.54, 1.807) is 18.4 Å². The molecule has 0 unspecified atom stereocenters. The first kappa shape index (κ1) is 22.8. The number of hydrogen-bond donors (Lipinski definition) is 0. The molecule has 4 aromatic rings. The van der Waals surface area contributed by atoms with E-state index < -0.39 is 0 Å². The predicted molar refractivity (Wildman–Crippen MR) is 140 cm³/mol. The van der Waals surface area contributed by atoms with Gasteiger partial charge in [-0.3, -0.25) is 9.88 Å². The van der Waals surface area contributed by atoms with Crippen molar-refractivity contribution in [2.24, 2.45) is 0 Å². The first-order valence-electron chi connectivity index (χ1n) is 11.7. The smallest absolute Gasteiger partial charge is 0.186 e. The molecule has 3 heterocycles. The lowest BCUT2D eigenvalue weighted by atomic mass is 10.1. The van der Waals surface area contributed by atoms with E-state index in [-0.39, 0.29) is 0 Å². The Morgan fingerprint density at radius 1 is 0.971 bits per heavy atom. The number of thiazole rings is 1. The average Bonchev–Trinajstić information content (AvgIpc) is 3.33. The van der Waals surface area contributed by atoms with Crippen LogP contribution in [0, 0.1) is 0 Å². The molecule has 0 bridgehead atoms. The van der Waals surface area contributed by atoms with Gasteiger partial charge in [0.25, 0.3) is 0 Å². The fraction of sp³-hybridized carbons (Fsp3) is 0.333. The molecule has 1 saturated heterocycles. The predicted octanol–water partition coefficient (Wildman–Crippen LogP) is 4.65. The summed E-state index contributed by atoms with van der Waals surface area (Å²) in [4.78, 5) is 16.8. The average molecular weight is 474 g/mol. The molecule has 0 radical (unpaired) electrons. The molecule has 2 aromatic heterocycles. The molecule has 2 aromatic carbocycles. The van der Waals surface area contributed by atoms with Gasteiger partial charge >= 0.3 is 0 Å². The Morgan fingerprint density at radius 2 is 1.79 bits per heavy atom. The van der Waals surface area contributed by atoms with Gasteiger partial charge in [-0.05, 0) is 48.5 Å². The van der Waals surface area contributed by atoms with Crippen molar-refractivity contribution in [3.05, 3.63) is 83.0 Å². The number of benzene rings is 2. The van der Waals surface area contributed by atoms with Gasteiger partial charge in [-0.1, -0.05) is 24.3 Å². The summed E-state index contributed by atoms with van der Waals surface area (Å²) in [5.74, 6) is 0.879. The molecular formula is C27H31N5OS. The van der Waals surface area contributed by atoms with Gasteiger partial charge in [0.1, 0.15) is 5.75 Å². The third-order valence-electron chi connectivity index (χ3n) is 6.34. The Balaban J connectivity index is 1.38. The standard InChI is InChI=1S/C27H31N5OS/c1-30-11-13-31(14-12-30)19-24-20-34-27(29-24)32(17-21-5-3-7-25(16-21)33-2)18-22-8-9-26-23(15-22)6-4-10-28-26/h3-10,15-16,20H,11-14,17-19H2,1-2H3. The number of pyridine rings is 1. The van der Waals surface area contributed by atoms with Crippen LogP contribution in [0.25, 0.3) is 10.9 Å². The molecular weight excluding hydrogens is 442 g/mol. The maximum absolute atomic E-state index is 5.46. The summed E-state index contributed by atoms with van der Waals surface area (Å²) in [6, 6.07) is 18.9. The number of rotatable bonds is 8. The van der Waals surface area contributed by atoms with E-state index in [1.165, 1.54) is 11.1 Å². The molecule has 0 spiro atoms. The first-order valence-corrected chi connectivity index (χ1v) is 12.6. The summed E-state index contributed by atoms with van der Waals surface area (Å²) in [7, 11) is 3.91. The van der Waals surface area contributed by atoms with Gasteiger partial charge in [0, 0.05) is 62.8 Å². The van der Waals surface area contributed by atoms with Crippen LogP contribution < -0.4 is 9.64 Å². The molecule has 0 saturated carbocycles. The van der Waals surface area contributed by atoms with Gasteiger partial charge in [-0.2, -0.15) is 0 Å². The summed E-state index contributed by atoms with van der Waals surface area (Å²) in [5, 5.41) is 4.44. The van der Waals surface area contributed by atoms with Crippen LogP contribution in [0.15, 0.2) is 66.2 Å². The molecule has 34 heavy (non-hydrogen) atoms. The second-order valence-electron chi connectivity index (χ2n) is 8.94. The maximum atomic E-state index is 5.46. The van der Waals surface area contributed by atoms with Crippen molar-refractivity contribution in [3.63, 3.8) is 0 Å². The minimum Gasteiger partial charge on any atom is -0.497 e. The second kappa shape index (κ2) is 10.5. The van der Waals surface area contributed by atoms with Crippen LogP contribution in [0.5, 0.6) is 5.75 Å². The van der Waals surface area contributed by atoms with Crippen LogP contribution in [-0.4, -0.2) is 60.1 Å². The summed E-state index contributed by atoms with van der Waals surface area (Å²) in [5.41, 5.74) is 4.63. The summed E-state index contributed by atoms with van der Waals surface area (Å²) >= 11 is 1.73. The highest BCUT2D eigenvalue weighted by atomic mass is 32.1. The number of likely N-dealkylation sites (N-methyl/N-ethyl adjacent to an activating group) is 1. The minimum absolute atomic E-state index is 0.768. The molecule has 0 amide bonds. The van der Waals surface area contributed by atoms with Crippen molar-refractivity contribution in [2.45, 2.75) is 19.6 Å². The lowest BCUT2D eigenvalue weighted by Crippen LogP contribution is -2.43. The topological polar surface area (TPSA) is 44.7 Å². The highest BCUT2D eigenvalue weighted by Gasteiger charge is 2.18. The van der Waals surface area contributed by atoms with Crippen molar-refractivity contribution in [3.8, 4) is 5.75 Å². The molecule has 1 fully saturated rings. The second-order valence-corrected chi connectivity index (χ2v) is 9.78. The molecule has 0 aliphatic carbocycles. The number of piperazine rings is 1. The zero-order valence-corrected chi connectivity index (χ0v) is 20.7. The Hall–Kier alpha value is -3.00. The molecule has 176 valence electrons. The van der Waals surface area contributed by atoms with Gasteiger partial charge in [0.05, 0.1) is 18.3 Å². The van der Waals surface area contributed by atoms with Gasteiger partial charge in [-0.25, -0.2) is 4.98 Å². The lowest BCUT2D eigenvalue weighted by Gasteiger charge is -2.31. The quantitative estimate of drug-likeness (QED) is 0.371. The number of ether oxygens (including phenoxy) is 1. The highest BCUT2D eigenvalue weighted by molar-refractivity contribution is 7.13. The molecule has 5 rings (SSSR count). The van der Waals surface area contributed by atoms with Crippen molar-refractivity contribution in [2.75, 3.05) is 45.2 Å². The molecule has 1 aliphatic heterocycles. The van der Waals surface area contributed by atoms with Gasteiger partial charge in [0.15, 0.2) is 5.13 Å². The Bertz CT molecular complexity index is 1230. The van der Waals surface area contributed by atoms with E-state index in [9.17, 15) is 0 Å². The fourth-order valence-electron chi connectivity index (χ4n) is 4.38. The lowest BCUT2D eigenvalue weighted by molar-refractivity contribution is 0.147. The number of methoxy groups -OCH3 is 1. The monoisotopic (exact) mass is 473 g/mol. The molecule has 0 atom stereocenters. The molecule has 0 N–H and O–H groups in total. The largest absolute Gasteiger partial charge is 0.497 e. The SMILES string of the molecule is COc1cccc(CN(Cc2ccc3ncccc3c2)c2nc(CN3CCN(C)CC3)cs2)c1. The zero-order valence-electron chi connectivity index (χ0n) is 19.9. The fourth-order valence-corrected chi connectivity index (χ4v) is 5.19. The third-order valence-corrected chi connectivity index (χ3v) is 7.29. The van der Waals surface area contributed by atoms with Crippen LogP contribution in [0.1, 0.15) is 16.8 Å². The van der Waals surface area contributed by atoms with E-state index in [1.807, 2.05) is 18.3 Å². The summed E-state index contributed by atoms with van der Waals surface area (Å²) < 4.78 is 5.46. The minimum atomic E-state index is 0.768. The maximum Gasteiger partial charge on any atom is 0.186 e. The number of aromatic nitrogens is 2. The summed E-state index contributed by atoms with van der Waals surface area (Å²) in [6.07, 6.45) is 1.84. The van der Waals surface area contributed by atoms with Crippen molar-refractivity contribution in [1.82, 2.24) is 19.8 Å². The Morgan fingerprint density at radius 3 is 2.62 bits per heavy atom. The zero-order chi connectivity index (χ0) is 23.3. The number of fused-ring (bicyclic) bond motifs is 1. The third kappa shape index (κ3) is 5.55. The number of hydrogen-bond acceptors (Lipinski definition) is 7. The Kier molecular flexibility index (Phi) is 7.04. The first-order chi connectivity index (χ1) is 16.7. The number of anilines is 1. The van der Waals surface area contributed by atoms with Crippen molar-refractivity contribution >= 4 is 27.4 Å². The van der Waals surface area contributed by atoms with Crippen LogP contribution in [0.3, 0.4) is 0 Å². The normalized spacial score (nSPS) is 15.0. The van der Waals surface area contributed by atoms with E-state index in [2.05, 4.69) is 74.6 Å². The van der Waals surface area contributed by atoms with E-state index in [0.29, 0.717) is 0 Å². The molecule has 1 aliphatic rings. The van der Waals surface area contributed by atoms with Gasteiger partial charge < -0.3 is 14.5 Å². The van der Waals surface area contributed by atoms with E-state index in [0.717, 1.165) is 73.3 Å². The van der Waals surface area contributed by atoms with Gasteiger partial charge in [-0.15, -0.1) is 11.3 Å². The number of nitrogens with zero attached hydrogens (tertiary/aromatic N) is 5.